The molecule has 4 nitrogen and oxygen atoms in total. The Morgan fingerprint density at radius 2 is 2.12 bits per heavy atom. The molecule has 1 aromatic carbocycles. The lowest BCUT2D eigenvalue weighted by molar-refractivity contribution is -0.157. The zero-order valence-corrected chi connectivity index (χ0v) is 9.79. The third kappa shape index (κ3) is 1.89. The minimum Gasteiger partial charge on any atom is -0.496 e. The fraction of sp³-hybridized carbons (Fsp3) is 0.455. The molecule has 0 atom stereocenters. The number of benzene rings is 1. The molecule has 1 heterocycles. The Balaban J connectivity index is 2.47. The van der Waals surface area contributed by atoms with Gasteiger partial charge in [0.2, 0.25) is 5.79 Å². The molecule has 2 N–H and O–H groups in total. The highest BCUT2D eigenvalue weighted by Crippen LogP contribution is 2.37. The molecule has 1 saturated heterocycles. The molecule has 0 radical (unpaired) electrons. The maximum atomic E-state index is 5.96. The highest BCUT2D eigenvalue weighted by atomic mass is 35.5. The predicted molar refractivity (Wildman–Crippen MR) is 60.6 cm³/mol. The Hall–Kier alpha value is -0.810. The molecular formula is C11H14ClNO3. The lowest BCUT2D eigenvalue weighted by atomic mass is 10.0. The van der Waals surface area contributed by atoms with E-state index in [-0.39, 0.29) is 6.54 Å². The quantitative estimate of drug-likeness (QED) is 0.874. The maximum Gasteiger partial charge on any atom is 0.211 e. The third-order valence-electron chi connectivity index (χ3n) is 2.59. The summed E-state index contributed by atoms with van der Waals surface area (Å²) in [6.45, 7) is 1.27. The van der Waals surface area contributed by atoms with Gasteiger partial charge in [0.25, 0.3) is 0 Å². The molecule has 0 aromatic heterocycles. The first-order valence-corrected chi connectivity index (χ1v) is 5.41. The fourth-order valence-electron chi connectivity index (χ4n) is 1.82. The van der Waals surface area contributed by atoms with Crippen LogP contribution < -0.4 is 10.5 Å². The van der Waals surface area contributed by atoms with Crippen molar-refractivity contribution in [2.75, 3.05) is 26.9 Å². The van der Waals surface area contributed by atoms with E-state index in [1.165, 1.54) is 0 Å². The monoisotopic (exact) mass is 243 g/mol. The van der Waals surface area contributed by atoms with Crippen LogP contribution in [0.5, 0.6) is 5.75 Å². The van der Waals surface area contributed by atoms with Gasteiger partial charge >= 0.3 is 0 Å². The average Bonchev–Trinajstić information content (AvgIpc) is 2.78. The number of rotatable bonds is 3. The fourth-order valence-corrected chi connectivity index (χ4v) is 1.99. The van der Waals surface area contributed by atoms with E-state index in [1.54, 1.807) is 25.3 Å². The number of ether oxygens (including phenoxy) is 3. The Labute approximate surface area is 99.2 Å². The SMILES string of the molecule is COc1ccc(Cl)cc1C1(CN)OCCO1. The van der Waals surface area contributed by atoms with Crippen molar-refractivity contribution in [3.8, 4) is 5.75 Å². The molecule has 0 unspecified atom stereocenters. The van der Waals surface area contributed by atoms with Gasteiger partial charge in [-0.15, -0.1) is 0 Å². The second kappa shape index (κ2) is 4.59. The van der Waals surface area contributed by atoms with Crippen LogP contribution >= 0.6 is 11.6 Å². The van der Waals surface area contributed by atoms with E-state index in [0.29, 0.717) is 24.0 Å². The van der Waals surface area contributed by atoms with E-state index >= 15 is 0 Å². The first-order chi connectivity index (χ1) is 7.72. The molecule has 2 rings (SSSR count). The van der Waals surface area contributed by atoms with Gasteiger partial charge in [-0.2, -0.15) is 0 Å². The van der Waals surface area contributed by atoms with Crippen molar-refractivity contribution in [2.45, 2.75) is 5.79 Å². The van der Waals surface area contributed by atoms with Gasteiger partial charge in [0.15, 0.2) is 0 Å². The Bertz CT molecular complexity index is 377. The molecule has 1 aliphatic heterocycles. The number of nitrogens with two attached hydrogens (primary N) is 1. The van der Waals surface area contributed by atoms with Gasteiger partial charge in [-0.05, 0) is 18.2 Å². The van der Waals surface area contributed by atoms with Crippen molar-refractivity contribution in [1.29, 1.82) is 0 Å². The van der Waals surface area contributed by atoms with Gasteiger partial charge in [-0.3, -0.25) is 0 Å². The van der Waals surface area contributed by atoms with Crippen LogP contribution in [0, 0.1) is 0 Å². The topological polar surface area (TPSA) is 53.7 Å². The summed E-state index contributed by atoms with van der Waals surface area (Å²) in [7, 11) is 1.59. The summed E-state index contributed by atoms with van der Waals surface area (Å²) in [5, 5.41) is 0.600. The molecule has 1 aliphatic rings. The summed E-state index contributed by atoms with van der Waals surface area (Å²) in [6.07, 6.45) is 0. The van der Waals surface area contributed by atoms with E-state index in [0.717, 1.165) is 5.56 Å². The molecule has 0 bridgehead atoms. The lowest BCUT2D eigenvalue weighted by Crippen LogP contribution is -2.36. The van der Waals surface area contributed by atoms with Crippen molar-refractivity contribution in [3.63, 3.8) is 0 Å². The van der Waals surface area contributed by atoms with Gasteiger partial charge in [-0.25, -0.2) is 0 Å². The van der Waals surface area contributed by atoms with Crippen molar-refractivity contribution in [3.05, 3.63) is 28.8 Å². The summed E-state index contributed by atoms with van der Waals surface area (Å²) in [5.74, 6) is -0.257. The standard InChI is InChI=1S/C11H14ClNO3/c1-14-10-3-2-8(12)6-9(10)11(7-13)15-4-5-16-11/h2-3,6H,4-5,7,13H2,1H3. The lowest BCUT2D eigenvalue weighted by Gasteiger charge is -2.27. The van der Waals surface area contributed by atoms with E-state index in [2.05, 4.69) is 0 Å². The zero-order chi connectivity index (χ0) is 11.6. The Morgan fingerprint density at radius 3 is 2.69 bits per heavy atom. The molecule has 1 aromatic rings. The summed E-state index contributed by atoms with van der Waals surface area (Å²) in [5.41, 5.74) is 6.46. The summed E-state index contributed by atoms with van der Waals surface area (Å²) in [4.78, 5) is 0. The summed E-state index contributed by atoms with van der Waals surface area (Å²) >= 11 is 5.96. The predicted octanol–water partition coefficient (Wildman–Crippen LogP) is 1.51. The van der Waals surface area contributed by atoms with E-state index < -0.39 is 5.79 Å². The third-order valence-corrected chi connectivity index (χ3v) is 2.83. The Morgan fingerprint density at radius 1 is 1.44 bits per heavy atom. The molecule has 88 valence electrons. The van der Waals surface area contributed by atoms with Gasteiger partial charge in [0.05, 0.1) is 32.4 Å². The van der Waals surface area contributed by atoms with Crippen LogP contribution in [0.1, 0.15) is 5.56 Å². The van der Waals surface area contributed by atoms with Crippen molar-refractivity contribution >= 4 is 11.6 Å². The number of hydrogen-bond acceptors (Lipinski definition) is 4. The van der Waals surface area contributed by atoms with Crippen LogP contribution in [-0.4, -0.2) is 26.9 Å². The van der Waals surface area contributed by atoms with Gasteiger partial charge < -0.3 is 19.9 Å². The molecular weight excluding hydrogens is 230 g/mol. The Kier molecular flexibility index (Phi) is 3.35. The van der Waals surface area contributed by atoms with E-state index in [4.69, 9.17) is 31.5 Å². The zero-order valence-electron chi connectivity index (χ0n) is 9.03. The normalized spacial score (nSPS) is 18.7. The van der Waals surface area contributed by atoms with Crippen LogP contribution in [0.25, 0.3) is 0 Å². The smallest absolute Gasteiger partial charge is 0.211 e. The maximum absolute atomic E-state index is 5.96. The van der Waals surface area contributed by atoms with Crippen LogP contribution in [0.2, 0.25) is 5.02 Å². The first kappa shape index (κ1) is 11.7. The largest absolute Gasteiger partial charge is 0.496 e. The van der Waals surface area contributed by atoms with Crippen molar-refractivity contribution in [1.82, 2.24) is 0 Å². The molecule has 16 heavy (non-hydrogen) atoms. The van der Waals surface area contributed by atoms with Gasteiger partial charge in [0, 0.05) is 5.02 Å². The van der Waals surface area contributed by atoms with E-state index in [1.807, 2.05) is 0 Å². The van der Waals surface area contributed by atoms with Gasteiger partial charge in [0.1, 0.15) is 5.75 Å². The average molecular weight is 244 g/mol. The summed E-state index contributed by atoms with van der Waals surface area (Å²) in [6, 6.07) is 5.29. The molecule has 5 heteroatoms. The minimum absolute atomic E-state index is 0.226. The highest BCUT2D eigenvalue weighted by Gasteiger charge is 2.39. The van der Waals surface area contributed by atoms with Gasteiger partial charge in [-0.1, -0.05) is 11.6 Å². The van der Waals surface area contributed by atoms with Crippen molar-refractivity contribution in [2.24, 2.45) is 5.73 Å². The number of hydrogen-bond donors (Lipinski definition) is 1. The highest BCUT2D eigenvalue weighted by molar-refractivity contribution is 6.30. The van der Waals surface area contributed by atoms with Crippen LogP contribution in [0.3, 0.4) is 0 Å². The van der Waals surface area contributed by atoms with Crippen LogP contribution in [-0.2, 0) is 15.3 Å². The minimum atomic E-state index is -0.920. The molecule has 1 fully saturated rings. The van der Waals surface area contributed by atoms with E-state index in [9.17, 15) is 0 Å². The van der Waals surface area contributed by atoms with Crippen molar-refractivity contribution < 1.29 is 14.2 Å². The second-order valence-corrected chi connectivity index (χ2v) is 3.93. The van der Waals surface area contributed by atoms with Crippen LogP contribution in [0.4, 0.5) is 0 Å². The molecule has 0 spiro atoms. The first-order valence-electron chi connectivity index (χ1n) is 5.04. The molecule has 0 saturated carbocycles. The number of halogens is 1. The van der Waals surface area contributed by atoms with Crippen LogP contribution in [0.15, 0.2) is 18.2 Å². The summed E-state index contributed by atoms with van der Waals surface area (Å²) < 4.78 is 16.4. The number of methoxy groups -OCH3 is 1. The molecule has 0 aliphatic carbocycles. The second-order valence-electron chi connectivity index (χ2n) is 3.50. The molecule has 0 amide bonds.